The van der Waals surface area contributed by atoms with Crippen LogP contribution >= 0.6 is 0 Å². The number of hydrogen-bond acceptors (Lipinski definition) is 3. The fourth-order valence-electron chi connectivity index (χ4n) is 1.83. The van der Waals surface area contributed by atoms with Crippen LogP contribution in [0.5, 0.6) is 0 Å². The molecule has 1 atom stereocenters. The summed E-state index contributed by atoms with van der Waals surface area (Å²) in [5, 5.41) is 8.61. The van der Waals surface area contributed by atoms with Gasteiger partial charge in [0.1, 0.15) is 0 Å². The Morgan fingerprint density at radius 3 is 3.06 bits per heavy atom. The lowest BCUT2D eigenvalue weighted by Crippen LogP contribution is -2.12. The number of carboxylic acids is 1. The highest BCUT2D eigenvalue weighted by Gasteiger charge is 2.10. The second kappa shape index (κ2) is 4.55. The number of imidazole rings is 1. The minimum atomic E-state index is -0.820. The van der Waals surface area contributed by atoms with Crippen LogP contribution in [0.25, 0.3) is 11.0 Å². The van der Waals surface area contributed by atoms with Crippen LogP contribution in [0.1, 0.15) is 24.4 Å². The van der Waals surface area contributed by atoms with Crippen LogP contribution in [-0.4, -0.2) is 20.6 Å². The summed E-state index contributed by atoms with van der Waals surface area (Å²) in [6.07, 6.45) is 2.27. The molecule has 0 saturated carbocycles. The predicted molar refractivity (Wildman–Crippen MR) is 64.5 cm³/mol. The second-order valence-corrected chi connectivity index (χ2v) is 4.14. The number of carboxylic acid groups (broad SMARTS) is 1. The van der Waals surface area contributed by atoms with E-state index in [1.165, 1.54) is 0 Å². The molecule has 1 aromatic carbocycles. The molecule has 5 nitrogen and oxygen atoms in total. The molecule has 0 saturated heterocycles. The molecule has 2 aromatic rings. The topological polar surface area (TPSA) is 81.1 Å². The third-order valence-corrected chi connectivity index (χ3v) is 2.85. The van der Waals surface area contributed by atoms with Gasteiger partial charge in [0, 0.05) is 19.5 Å². The third kappa shape index (κ3) is 2.45. The lowest BCUT2D eigenvalue weighted by atomic mass is 10.0. The first-order valence-corrected chi connectivity index (χ1v) is 5.46. The summed E-state index contributed by atoms with van der Waals surface area (Å²) in [7, 11) is 1.93. The zero-order chi connectivity index (χ0) is 12.4. The number of carbonyl (C=O) groups is 1. The predicted octanol–water partition coefficient (Wildman–Crippen LogP) is 1.44. The standard InChI is InChI=1S/C12H15N3O2/c1-15-7-14-10-6-8(2-4-11(10)15)9(13)3-5-12(16)17/h2,4,6-7,9H,3,5,13H2,1H3,(H,16,17). The monoisotopic (exact) mass is 233 g/mol. The summed E-state index contributed by atoms with van der Waals surface area (Å²) < 4.78 is 1.93. The van der Waals surface area contributed by atoms with Crippen molar-refractivity contribution in [3.05, 3.63) is 30.1 Å². The molecular weight excluding hydrogens is 218 g/mol. The number of hydrogen-bond donors (Lipinski definition) is 2. The van der Waals surface area contributed by atoms with Crippen LogP contribution in [-0.2, 0) is 11.8 Å². The Hall–Kier alpha value is -1.88. The van der Waals surface area contributed by atoms with Gasteiger partial charge in [-0.25, -0.2) is 4.98 Å². The van der Waals surface area contributed by atoms with E-state index in [-0.39, 0.29) is 12.5 Å². The highest BCUT2D eigenvalue weighted by molar-refractivity contribution is 5.76. The molecular formula is C12H15N3O2. The van der Waals surface area contributed by atoms with Crippen molar-refractivity contribution in [2.45, 2.75) is 18.9 Å². The van der Waals surface area contributed by atoms with Crippen LogP contribution in [0, 0.1) is 0 Å². The maximum atomic E-state index is 10.5. The first kappa shape index (κ1) is 11.6. The minimum absolute atomic E-state index is 0.0847. The molecule has 1 unspecified atom stereocenters. The Bertz CT molecular complexity index is 548. The number of nitrogens with zero attached hydrogens (tertiary/aromatic N) is 2. The summed E-state index contributed by atoms with van der Waals surface area (Å²) in [4.78, 5) is 14.7. The van der Waals surface area contributed by atoms with Crippen molar-refractivity contribution in [3.63, 3.8) is 0 Å². The zero-order valence-electron chi connectivity index (χ0n) is 9.63. The van der Waals surface area contributed by atoms with Crippen molar-refractivity contribution in [1.82, 2.24) is 9.55 Å². The van der Waals surface area contributed by atoms with Crippen LogP contribution in [0.2, 0.25) is 0 Å². The Morgan fingerprint density at radius 2 is 2.35 bits per heavy atom. The zero-order valence-corrected chi connectivity index (χ0v) is 9.63. The Balaban J connectivity index is 2.21. The molecule has 3 N–H and O–H groups in total. The van der Waals surface area contributed by atoms with E-state index in [1.54, 1.807) is 6.33 Å². The summed E-state index contributed by atoms with van der Waals surface area (Å²) in [5.41, 5.74) is 8.80. The van der Waals surface area contributed by atoms with Crippen LogP contribution in [0.3, 0.4) is 0 Å². The first-order chi connectivity index (χ1) is 8.08. The summed E-state index contributed by atoms with van der Waals surface area (Å²) >= 11 is 0. The van der Waals surface area contributed by atoms with E-state index >= 15 is 0 Å². The molecule has 0 aliphatic carbocycles. The second-order valence-electron chi connectivity index (χ2n) is 4.14. The third-order valence-electron chi connectivity index (χ3n) is 2.85. The SMILES string of the molecule is Cn1cnc2cc(C(N)CCC(=O)O)ccc21. The number of aromatic nitrogens is 2. The molecule has 2 rings (SSSR count). The van der Waals surface area contributed by atoms with Crippen molar-refractivity contribution in [2.24, 2.45) is 12.8 Å². The molecule has 0 radical (unpaired) electrons. The molecule has 17 heavy (non-hydrogen) atoms. The van der Waals surface area contributed by atoms with Gasteiger partial charge in [-0.2, -0.15) is 0 Å². The quantitative estimate of drug-likeness (QED) is 0.837. The fourth-order valence-corrected chi connectivity index (χ4v) is 1.83. The summed E-state index contributed by atoms with van der Waals surface area (Å²) in [6, 6.07) is 5.55. The molecule has 0 aliphatic heterocycles. The number of aryl methyl sites for hydroxylation is 1. The highest BCUT2D eigenvalue weighted by atomic mass is 16.4. The number of nitrogens with two attached hydrogens (primary N) is 1. The minimum Gasteiger partial charge on any atom is -0.481 e. The maximum absolute atomic E-state index is 10.5. The number of rotatable bonds is 4. The van der Waals surface area contributed by atoms with Gasteiger partial charge in [0.25, 0.3) is 0 Å². The van der Waals surface area contributed by atoms with Gasteiger partial charge in [0.05, 0.1) is 17.4 Å². The van der Waals surface area contributed by atoms with Gasteiger partial charge in [-0.3, -0.25) is 4.79 Å². The number of benzene rings is 1. The van der Waals surface area contributed by atoms with E-state index in [2.05, 4.69) is 4.98 Å². The smallest absolute Gasteiger partial charge is 0.303 e. The van der Waals surface area contributed by atoms with E-state index in [9.17, 15) is 4.79 Å². The van der Waals surface area contributed by atoms with Gasteiger partial charge in [-0.1, -0.05) is 6.07 Å². The Labute approximate surface area is 98.9 Å². The molecule has 1 heterocycles. The van der Waals surface area contributed by atoms with Crippen LogP contribution in [0.15, 0.2) is 24.5 Å². The highest BCUT2D eigenvalue weighted by Crippen LogP contribution is 2.20. The molecule has 0 spiro atoms. The molecule has 5 heteroatoms. The van der Waals surface area contributed by atoms with E-state index < -0.39 is 5.97 Å². The first-order valence-electron chi connectivity index (χ1n) is 5.46. The van der Waals surface area contributed by atoms with Crippen molar-refractivity contribution < 1.29 is 9.90 Å². The van der Waals surface area contributed by atoms with Crippen molar-refractivity contribution in [3.8, 4) is 0 Å². The van der Waals surface area contributed by atoms with Crippen LogP contribution < -0.4 is 5.73 Å². The van der Waals surface area contributed by atoms with Gasteiger partial charge in [-0.05, 0) is 24.1 Å². The summed E-state index contributed by atoms with van der Waals surface area (Å²) in [5.74, 6) is -0.820. The fraction of sp³-hybridized carbons (Fsp3) is 0.333. The van der Waals surface area contributed by atoms with Crippen molar-refractivity contribution in [1.29, 1.82) is 0 Å². The van der Waals surface area contributed by atoms with E-state index in [0.717, 1.165) is 16.6 Å². The molecule has 0 fully saturated rings. The number of aliphatic carboxylic acids is 1. The molecule has 90 valence electrons. The van der Waals surface area contributed by atoms with Gasteiger partial charge in [0.2, 0.25) is 0 Å². The lowest BCUT2D eigenvalue weighted by molar-refractivity contribution is -0.137. The molecule has 1 aromatic heterocycles. The average Bonchev–Trinajstić information content (AvgIpc) is 2.67. The average molecular weight is 233 g/mol. The maximum Gasteiger partial charge on any atom is 0.303 e. The van der Waals surface area contributed by atoms with Gasteiger partial charge in [-0.15, -0.1) is 0 Å². The van der Waals surface area contributed by atoms with Crippen molar-refractivity contribution in [2.75, 3.05) is 0 Å². The Morgan fingerprint density at radius 1 is 1.59 bits per heavy atom. The lowest BCUT2D eigenvalue weighted by Gasteiger charge is -2.10. The van der Waals surface area contributed by atoms with E-state index in [4.69, 9.17) is 10.8 Å². The van der Waals surface area contributed by atoms with Crippen LogP contribution in [0.4, 0.5) is 0 Å². The van der Waals surface area contributed by atoms with Gasteiger partial charge in [0.15, 0.2) is 0 Å². The van der Waals surface area contributed by atoms with Gasteiger partial charge >= 0.3 is 5.97 Å². The largest absolute Gasteiger partial charge is 0.481 e. The normalized spacial score (nSPS) is 12.8. The molecule has 0 aliphatic rings. The van der Waals surface area contributed by atoms with Gasteiger partial charge < -0.3 is 15.4 Å². The number of fused-ring (bicyclic) bond motifs is 1. The van der Waals surface area contributed by atoms with E-state index in [0.29, 0.717) is 6.42 Å². The Kier molecular flexibility index (Phi) is 3.10. The van der Waals surface area contributed by atoms with Crippen molar-refractivity contribution >= 4 is 17.0 Å². The summed E-state index contributed by atoms with van der Waals surface area (Å²) in [6.45, 7) is 0. The molecule has 0 bridgehead atoms. The molecule has 0 amide bonds. The van der Waals surface area contributed by atoms with E-state index in [1.807, 2.05) is 29.8 Å².